The zero-order valence-electron chi connectivity index (χ0n) is 13.0. The van der Waals surface area contributed by atoms with Crippen LogP contribution in [0, 0.1) is 5.92 Å². The highest BCUT2D eigenvalue weighted by Gasteiger charge is 2.18. The zero-order valence-corrected chi connectivity index (χ0v) is 13.0. The molecule has 1 fully saturated rings. The van der Waals surface area contributed by atoms with E-state index in [-0.39, 0.29) is 5.92 Å². The van der Waals surface area contributed by atoms with Gasteiger partial charge in [0, 0.05) is 32.5 Å². The lowest BCUT2D eigenvalue weighted by molar-refractivity contribution is 0.0685. The second-order valence-electron chi connectivity index (χ2n) is 6.04. The van der Waals surface area contributed by atoms with Gasteiger partial charge in [-0.1, -0.05) is 13.8 Å². The van der Waals surface area contributed by atoms with Gasteiger partial charge in [0.2, 0.25) is 0 Å². The van der Waals surface area contributed by atoms with Gasteiger partial charge in [-0.3, -0.25) is 0 Å². The number of aromatic carboxylic acids is 1. The first kappa shape index (κ1) is 15.8. The quantitative estimate of drug-likeness (QED) is 0.904. The highest BCUT2D eigenvalue weighted by molar-refractivity contribution is 5.88. The number of carboxylic acids is 1. The van der Waals surface area contributed by atoms with Gasteiger partial charge in [-0.15, -0.1) is 0 Å². The van der Waals surface area contributed by atoms with Crippen LogP contribution in [0.4, 0.5) is 5.82 Å². The number of anilines is 1. The fraction of sp³-hybridized carbons (Fsp3) is 0.625. The number of hydrogen-bond acceptors (Lipinski definition) is 4. The van der Waals surface area contributed by atoms with E-state index in [1.807, 2.05) is 20.9 Å². The SMILES string of the molecule is CC(C)c1cc(C(=O)O)cc(N(C)CC2CCOCC2)n1. The molecule has 0 atom stereocenters. The molecule has 0 unspecified atom stereocenters. The molecule has 0 spiro atoms. The first-order valence-electron chi connectivity index (χ1n) is 7.51. The van der Waals surface area contributed by atoms with Crippen LogP contribution in [0.25, 0.3) is 0 Å². The standard InChI is InChI=1S/C16H24N2O3/c1-11(2)14-8-13(16(19)20)9-15(17-14)18(3)10-12-4-6-21-7-5-12/h8-9,11-12H,4-7,10H2,1-3H3,(H,19,20). The molecule has 0 aliphatic carbocycles. The summed E-state index contributed by atoms with van der Waals surface area (Å²) in [4.78, 5) is 18.0. The van der Waals surface area contributed by atoms with Crippen LogP contribution in [0.15, 0.2) is 12.1 Å². The summed E-state index contributed by atoms with van der Waals surface area (Å²) in [6.45, 7) is 6.57. The van der Waals surface area contributed by atoms with Crippen molar-refractivity contribution >= 4 is 11.8 Å². The summed E-state index contributed by atoms with van der Waals surface area (Å²) >= 11 is 0. The molecular weight excluding hydrogens is 268 g/mol. The van der Waals surface area contributed by atoms with Crippen LogP contribution >= 0.6 is 0 Å². The van der Waals surface area contributed by atoms with Gasteiger partial charge in [-0.05, 0) is 36.8 Å². The van der Waals surface area contributed by atoms with Crippen molar-refractivity contribution in [1.29, 1.82) is 0 Å². The second kappa shape index (κ2) is 6.89. The average Bonchev–Trinajstić information content (AvgIpc) is 2.47. The molecule has 5 heteroatoms. The highest BCUT2D eigenvalue weighted by Crippen LogP contribution is 2.22. The number of nitrogens with zero attached hydrogens (tertiary/aromatic N) is 2. The Hall–Kier alpha value is -1.62. The molecule has 1 N–H and O–H groups in total. The maximum atomic E-state index is 11.3. The Labute approximate surface area is 125 Å². The van der Waals surface area contributed by atoms with E-state index in [1.54, 1.807) is 12.1 Å². The molecule has 1 aromatic heterocycles. The van der Waals surface area contributed by atoms with Crippen LogP contribution in [0.5, 0.6) is 0 Å². The van der Waals surface area contributed by atoms with Gasteiger partial charge in [0.1, 0.15) is 5.82 Å². The van der Waals surface area contributed by atoms with E-state index < -0.39 is 5.97 Å². The Kier molecular flexibility index (Phi) is 5.17. The van der Waals surface area contributed by atoms with Gasteiger partial charge in [0.15, 0.2) is 0 Å². The molecule has 2 rings (SSSR count). The summed E-state index contributed by atoms with van der Waals surface area (Å²) in [6, 6.07) is 3.33. The van der Waals surface area contributed by atoms with Crippen LogP contribution in [0.2, 0.25) is 0 Å². The molecule has 5 nitrogen and oxygen atoms in total. The molecule has 1 aliphatic rings. The Morgan fingerprint density at radius 1 is 1.43 bits per heavy atom. The Balaban J connectivity index is 2.18. The number of carbonyl (C=O) groups is 1. The van der Waals surface area contributed by atoms with Crippen LogP contribution < -0.4 is 4.90 Å². The topological polar surface area (TPSA) is 62.7 Å². The average molecular weight is 292 g/mol. The molecule has 1 aromatic rings. The maximum Gasteiger partial charge on any atom is 0.335 e. The molecule has 0 aromatic carbocycles. The van der Waals surface area contributed by atoms with E-state index in [1.165, 1.54) is 0 Å². The van der Waals surface area contributed by atoms with E-state index in [4.69, 9.17) is 4.74 Å². The lowest BCUT2D eigenvalue weighted by Crippen LogP contribution is -2.30. The molecule has 0 amide bonds. The first-order valence-corrected chi connectivity index (χ1v) is 7.51. The summed E-state index contributed by atoms with van der Waals surface area (Å²) in [5.41, 5.74) is 1.13. The van der Waals surface area contributed by atoms with Crippen molar-refractivity contribution in [1.82, 2.24) is 4.98 Å². The smallest absolute Gasteiger partial charge is 0.335 e. The Morgan fingerprint density at radius 3 is 2.67 bits per heavy atom. The minimum absolute atomic E-state index is 0.208. The predicted molar refractivity (Wildman–Crippen MR) is 82.1 cm³/mol. The third kappa shape index (κ3) is 4.17. The van der Waals surface area contributed by atoms with Crippen molar-refractivity contribution in [3.8, 4) is 0 Å². The summed E-state index contributed by atoms with van der Waals surface area (Å²) in [5, 5.41) is 9.26. The highest BCUT2D eigenvalue weighted by atomic mass is 16.5. The monoisotopic (exact) mass is 292 g/mol. The number of hydrogen-bond donors (Lipinski definition) is 1. The molecule has 21 heavy (non-hydrogen) atoms. The minimum atomic E-state index is -0.903. The normalized spacial score (nSPS) is 16.2. The summed E-state index contributed by atoms with van der Waals surface area (Å²) in [7, 11) is 1.98. The van der Waals surface area contributed by atoms with Crippen LogP contribution in [-0.2, 0) is 4.74 Å². The van der Waals surface area contributed by atoms with Gasteiger partial charge in [-0.2, -0.15) is 0 Å². The molecule has 0 radical (unpaired) electrons. The number of aromatic nitrogens is 1. The molecule has 0 bridgehead atoms. The number of pyridine rings is 1. The fourth-order valence-corrected chi connectivity index (χ4v) is 2.56. The summed E-state index contributed by atoms with van der Waals surface area (Å²) < 4.78 is 5.38. The largest absolute Gasteiger partial charge is 0.478 e. The van der Waals surface area contributed by atoms with Crippen molar-refractivity contribution in [3.05, 3.63) is 23.4 Å². The Bertz CT molecular complexity index is 496. The van der Waals surface area contributed by atoms with E-state index >= 15 is 0 Å². The first-order chi connectivity index (χ1) is 9.97. The van der Waals surface area contributed by atoms with E-state index in [9.17, 15) is 9.90 Å². The minimum Gasteiger partial charge on any atom is -0.478 e. The van der Waals surface area contributed by atoms with Gasteiger partial charge in [0.25, 0.3) is 0 Å². The van der Waals surface area contributed by atoms with Gasteiger partial charge in [0.05, 0.1) is 5.56 Å². The van der Waals surface area contributed by atoms with Crippen LogP contribution in [-0.4, -0.2) is 42.9 Å². The van der Waals surface area contributed by atoms with Crippen LogP contribution in [0.1, 0.15) is 48.7 Å². The lowest BCUT2D eigenvalue weighted by atomic mass is 10.00. The molecule has 2 heterocycles. The Morgan fingerprint density at radius 2 is 2.10 bits per heavy atom. The number of carboxylic acid groups (broad SMARTS) is 1. The maximum absolute atomic E-state index is 11.3. The van der Waals surface area contributed by atoms with Crippen molar-refractivity contribution in [2.45, 2.75) is 32.6 Å². The third-order valence-corrected chi connectivity index (χ3v) is 3.93. The fourth-order valence-electron chi connectivity index (χ4n) is 2.56. The predicted octanol–water partition coefficient (Wildman–Crippen LogP) is 2.77. The van der Waals surface area contributed by atoms with E-state index in [2.05, 4.69) is 9.88 Å². The van der Waals surface area contributed by atoms with Gasteiger partial charge >= 0.3 is 5.97 Å². The second-order valence-corrected chi connectivity index (χ2v) is 6.04. The number of rotatable bonds is 5. The van der Waals surface area contributed by atoms with E-state index in [0.717, 1.165) is 44.1 Å². The number of ether oxygens (including phenoxy) is 1. The lowest BCUT2D eigenvalue weighted by Gasteiger charge is -2.28. The van der Waals surface area contributed by atoms with Gasteiger partial charge in [-0.25, -0.2) is 9.78 Å². The van der Waals surface area contributed by atoms with Crippen LogP contribution in [0.3, 0.4) is 0 Å². The van der Waals surface area contributed by atoms with E-state index in [0.29, 0.717) is 11.5 Å². The van der Waals surface area contributed by atoms with Crippen molar-refractivity contribution in [2.24, 2.45) is 5.92 Å². The van der Waals surface area contributed by atoms with Gasteiger partial charge < -0.3 is 14.7 Å². The summed E-state index contributed by atoms with van der Waals surface area (Å²) in [6.07, 6.45) is 2.11. The zero-order chi connectivity index (χ0) is 15.4. The summed E-state index contributed by atoms with van der Waals surface area (Å²) in [5.74, 6) is 0.631. The molecule has 1 saturated heterocycles. The van der Waals surface area contributed by atoms with Crippen molar-refractivity contribution < 1.29 is 14.6 Å². The third-order valence-electron chi connectivity index (χ3n) is 3.93. The molecular formula is C16H24N2O3. The molecule has 1 aliphatic heterocycles. The van der Waals surface area contributed by atoms with Crippen molar-refractivity contribution in [2.75, 3.05) is 31.7 Å². The van der Waals surface area contributed by atoms with Crippen molar-refractivity contribution in [3.63, 3.8) is 0 Å². The molecule has 116 valence electrons. The molecule has 0 saturated carbocycles.